The number of nitrogens with one attached hydrogen (secondary N) is 1. The first-order valence-electron chi connectivity index (χ1n) is 7.31. The van der Waals surface area contributed by atoms with Crippen molar-refractivity contribution in [1.82, 2.24) is 5.32 Å². The molecule has 0 aliphatic heterocycles. The highest BCUT2D eigenvalue weighted by Gasteiger charge is 2.22. The fourth-order valence-corrected chi connectivity index (χ4v) is 4.70. The third kappa shape index (κ3) is 3.50. The van der Waals surface area contributed by atoms with Gasteiger partial charge in [0.2, 0.25) is 0 Å². The Balaban J connectivity index is 1.65. The first-order chi connectivity index (χ1) is 9.83. The summed E-state index contributed by atoms with van der Waals surface area (Å²) in [7, 11) is 0. The maximum Gasteiger partial charge on any atom is 0.0764 e. The van der Waals surface area contributed by atoms with E-state index in [0.717, 1.165) is 25.8 Å². The Morgan fingerprint density at radius 1 is 1.15 bits per heavy atom. The van der Waals surface area contributed by atoms with Gasteiger partial charge < -0.3 is 10.4 Å². The molecule has 1 aliphatic carbocycles. The average molecular weight is 307 g/mol. The summed E-state index contributed by atoms with van der Waals surface area (Å²) in [6.07, 6.45) is 4.25. The van der Waals surface area contributed by atoms with Crippen molar-refractivity contribution in [3.05, 3.63) is 44.8 Å². The summed E-state index contributed by atoms with van der Waals surface area (Å²) in [5.41, 5.74) is 0. The zero-order chi connectivity index (χ0) is 13.8. The molecule has 2 atom stereocenters. The maximum absolute atomic E-state index is 9.79. The normalized spacial score (nSPS) is 23.3. The number of hydrogen-bond donors (Lipinski definition) is 2. The highest BCUT2D eigenvalue weighted by molar-refractivity contribution is 7.11. The smallest absolute Gasteiger partial charge is 0.0764 e. The summed E-state index contributed by atoms with van der Waals surface area (Å²) >= 11 is 3.62. The van der Waals surface area contributed by atoms with Gasteiger partial charge in [0.15, 0.2) is 0 Å². The van der Waals surface area contributed by atoms with E-state index in [4.69, 9.17) is 0 Å². The number of aliphatic hydroxyl groups is 1. The van der Waals surface area contributed by atoms with Gasteiger partial charge in [0.25, 0.3) is 0 Å². The minimum absolute atomic E-state index is 0.0857. The number of hydrogen-bond acceptors (Lipinski definition) is 4. The topological polar surface area (TPSA) is 32.3 Å². The molecule has 2 nitrogen and oxygen atoms in total. The Morgan fingerprint density at radius 3 is 2.40 bits per heavy atom. The molecule has 0 amide bonds. The second-order valence-corrected chi connectivity index (χ2v) is 7.52. The summed E-state index contributed by atoms with van der Waals surface area (Å²) in [6.45, 7) is 0.998. The predicted molar refractivity (Wildman–Crippen MR) is 86.4 cm³/mol. The largest absolute Gasteiger partial charge is 0.393 e. The van der Waals surface area contributed by atoms with E-state index in [1.807, 2.05) is 22.7 Å². The van der Waals surface area contributed by atoms with Crippen LogP contribution in [-0.2, 0) is 0 Å². The monoisotopic (exact) mass is 307 g/mol. The second-order valence-electron chi connectivity index (χ2n) is 5.56. The summed E-state index contributed by atoms with van der Waals surface area (Å²) in [6, 6.07) is 8.96. The Bertz CT molecular complexity index is 460. The summed E-state index contributed by atoms with van der Waals surface area (Å²) < 4.78 is 0. The fraction of sp³-hybridized carbons (Fsp3) is 0.500. The molecule has 2 unspecified atom stereocenters. The van der Waals surface area contributed by atoms with Gasteiger partial charge in [-0.05, 0) is 54.6 Å². The van der Waals surface area contributed by atoms with E-state index in [-0.39, 0.29) is 6.10 Å². The van der Waals surface area contributed by atoms with Gasteiger partial charge in [-0.2, -0.15) is 0 Å². The number of thiophene rings is 2. The van der Waals surface area contributed by atoms with E-state index < -0.39 is 0 Å². The highest BCUT2D eigenvalue weighted by atomic mass is 32.1. The van der Waals surface area contributed by atoms with Crippen molar-refractivity contribution in [2.45, 2.75) is 37.8 Å². The van der Waals surface area contributed by atoms with Crippen LogP contribution in [-0.4, -0.2) is 17.8 Å². The van der Waals surface area contributed by atoms with Crippen LogP contribution in [0, 0.1) is 5.92 Å². The lowest BCUT2D eigenvalue weighted by molar-refractivity contribution is 0.100. The van der Waals surface area contributed by atoms with E-state index in [0.29, 0.717) is 12.0 Å². The third-order valence-electron chi connectivity index (χ3n) is 4.02. The van der Waals surface area contributed by atoms with E-state index in [1.165, 1.54) is 16.2 Å². The van der Waals surface area contributed by atoms with Crippen LogP contribution in [0.3, 0.4) is 0 Å². The number of aliphatic hydroxyl groups excluding tert-OH is 1. The molecule has 1 fully saturated rings. The molecule has 0 spiro atoms. The Kier molecular flexibility index (Phi) is 4.89. The maximum atomic E-state index is 9.79. The van der Waals surface area contributed by atoms with Crippen LogP contribution in [0.15, 0.2) is 35.0 Å². The van der Waals surface area contributed by atoms with Gasteiger partial charge in [0.1, 0.15) is 0 Å². The lowest BCUT2D eigenvalue weighted by Crippen LogP contribution is -2.31. The van der Waals surface area contributed by atoms with Crippen LogP contribution >= 0.6 is 22.7 Å². The van der Waals surface area contributed by atoms with Gasteiger partial charge in [0.05, 0.1) is 12.1 Å². The molecule has 0 bridgehead atoms. The van der Waals surface area contributed by atoms with Crippen molar-refractivity contribution in [2.75, 3.05) is 6.54 Å². The Labute approximate surface area is 128 Å². The van der Waals surface area contributed by atoms with Crippen LogP contribution in [0.4, 0.5) is 0 Å². The van der Waals surface area contributed by atoms with E-state index in [1.54, 1.807) is 0 Å². The molecule has 2 heterocycles. The lowest BCUT2D eigenvalue weighted by atomic mass is 9.87. The molecule has 2 aromatic heterocycles. The van der Waals surface area contributed by atoms with Crippen LogP contribution in [0.1, 0.15) is 41.5 Å². The molecule has 2 N–H and O–H groups in total. The van der Waals surface area contributed by atoms with Crippen molar-refractivity contribution in [1.29, 1.82) is 0 Å². The molecular weight excluding hydrogens is 286 g/mol. The first kappa shape index (κ1) is 14.3. The third-order valence-corrected chi connectivity index (χ3v) is 5.90. The van der Waals surface area contributed by atoms with Crippen LogP contribution in [0.25, 0.3) is 0 Å². The van der Waals surface area contributed by atoms with Gasteiger partial charge in [-0.15, -0.1) is 22.7 Å². The summed E-state index contributed by atoms with van der Waals surface area (Å²) in [4.78, 5) is 2.76. The average Bonchev–Trinajstić information content (AvgIpc) is 3.12. The molecule has 0 saturated heterocycles. The zero-order valence-corrected chi connectivity index (χ0v) is 13.1. The van der Waals surface area contributed by atoms with Gasteiger partial charge in [-0.1, -0.05) is 18.6 Å². The molecule has 3 rings (SSSR count). The van der Waals surface area contributed by atoms with E-state index in [2.05, 4.69) is 40.3 Å². The quantitative estimate of drug-likeness (QED) is 0.874. The fourth-order valence-electron chi connectivity index (χ4n) is 2.98. The van der Waals surface area contributed by atoms with Gasteiger partial charge in [-0.25, -0.2) is 0 Å². The predicted octanol–water partition coefficient (Wildman–Crippen LogP) is 4.04. The number of rotatable bonds is 5. The molecule has 0 aromatic carbocycles. The van der Waals surface area contributed by atoms with Crippen molar-refractivity contribution >= 4 is 22.7 Å². The van der Waals surface area contributed by atoms with Crippen LogP contribution in [0.2, 0.25) is 0 Å². The second kappa shape index (κ2) is 6.85. The SMILES string of the molecule is OC1CCCC(CNC(c2cccs2)c2cccs2)C1. The van der Waals surface area contributed by atoms with E-state index >= 15 is 0 Å². The highest BCUT2D eigenvalue weighted by Crippen LogP contribution is 2.30. The first-order valence-corrected chi connectivity index (χ1v) is 9.07. The molecule has 1 aliphatic rings. The molecular formula is C16H21NOS2. The molecule has 1 saturated carbocycles. The van der Waals surface area contributed by atoms with Crippen LogP contribution < -0.4 is 5.32 Å². The minimum Gasteiger partial charge on any atom is -0.393 e. The summed E-state index contributed by atoms with van der Waals surface area (Å²) in [5.74, 6) is 0.612. The summed E-state index contributed by atoms with van der Waals surface area (Å²) in [5, 5.41) is 17.8. The van der Waals surface area contributed by atoms with Crippen molar-refractivity contribution in [3.8, 4) is 0 Å². The molecule has 0 radical (unpaired) electrons. The van der Waals surface area contributed by atoms with Gasteiger partial charge in [-0.3, -0.25) is 0 Å². The van der Waals surface area contributed by atoms with Crippen molar-refractivity contribution in [2.24, 2.45) is 5.92 Å². The Morgan fingerprint density at radius 2 is 1.85 bits per heavy atom. The molecule has 20 heavy (non-hydrogen) atoms. The minimum atomic E-state index is -0.0857. The zero-order valence-electron chi connectivity index (χ0n) is 11.5. The van der Waals surface area contributed by atoms with Crippen molar-refractivity contribution < 1.29 is 5.11 Å². The van der Waals surface area contributed by atoms with E-state index in [9.17, 15) is 5.11 Å². The van der Waals surface area contributed by atoms with Crippen LogP contribution in [0.5, 0.6) is 0 Å². The molecule has 108 valence electrons. The standard InChI is InChI=1S/C16H21NOS2/c18-13-5-1-4-12(10-13)11-17-16(14-6-2-8-19-14)15-7-3-9-20-15/h2-3,6-9,12-13,16-18H,1,4-5,10-11H2. The molecule has 4 heteroatoms. The van der Waals surface area contributed by atoms with Gasteiger partial charge in [0, 0.05) is 9.75 Å². The Hall–Kier alpha value is -0.680. The lowest BCUT2D eigenvalue weighted by Gasteiger charge is -2.27. The van der Waals surface area contributed by atoms with Gasteiger partial charge >= 0.3 is 0 Å². The van der Waals surface area contributed by atoms with Crippen molar-refractivity contribution in [3.63, 3.8) is 0 Å². The molecule has 2 aromatic rings.